The van der Waals surface area contributed by atoms with Crippen molar-refractivity contribution in [2.24, 2.45) is 5.73 Å². The topological polar surface area (TPSA) is 188 Å². The highest BCUT2D eigenvalue weighted by Gasteiger charge is 2.27. The average Bonchev–Trinajstić information content (AvgIpc) is 2.42. The summed E-state index contributed by atoms with van der Waals surface area (Å²) in [6.45, 7) is 2.01. The van der Waals surface area contributed by atoms with Gasteiger partial charge >= 0.3 is 11.9 Å². The highest BCUT2D eigenvalue weighted by Crippen LogP contribution is 1.96. The molecule has 7 N–H and O–H groups in total. The Labute approximate surface area is 131 Å². The number of carbonyl (C=O) groups is 5. The second-order valence-corrected chi connectivity index (χ2v) is 4.79. The van der Waals surface area contributed by atoms with Gasteiger partial charge in [-0.2, -0.15) is 0 Å². The second kappa shape index (κ2) is 9.35. The van der Waals surface area contributed by atoms with Crippen LogP contribution in [0, 0.1) is 0 Å². The van der Waals surface area contributed by atoms with Crippen molar-refractivity contribution in [3.8, 4) is 0 Å². The molecule has 0 radical (unpaired) electrons. The Morgan fingerprint density at radius 2 is 1.48 bits per heavy atom. The zero-order valence-electron chi connectivity index (χ0n) is 12.7. The van der Waals surface area contributed by atoms with Gasteiger partial charge in [0.05, 0.1) is 12.5 Å². The molecule has 0 aromatic carbocycles. The van der Waals surface area contributed by atoms with E-state index in [2.05, 4.69) is 10.6 Å². The third-order valence-corrected chi connectivity index (χ3v) is 2.59. The van der Waals surface area contributed by atoms with E-state index < -0.39 is 60.8 Å². The van der Waals surface area contributed by atoms with E-state index >= 15 is 0 Å². The van der Waals surface area contributed by atoms with Crippen molar-refractivity contribution in [1.29, 1.82) is 0 Å². The number of carbonyl (C=O) groups excluding carboxylic acids is 3. The van der Waals surface area contributed by atoms with Crippen LogP contribution in [0.3, 0.4) is 0 Å². The highest BCUT2D eigenvalue weighted by atomic mass is 16.4. The number of carboxylic acid groups (broad SMARTS) is 2. The summed E-state index contributed by atoms with van der Waals surface area (Å²) in [6, 6.07) is -3.48. The summed E-state index contributed by atoms with van der Waals surface area (Å²) in [7, 11) is 0. The van der Waals surface area contributed by atoms with Gasteiger partial charge in [0.25, 0.3) is 0 Å². The van der Waals surface area contributed by atoms with Gasteiger partial charge in [0, 0.05) is 0 Å². The molecule has 11 nitrogen and oxygen atoms in total. The SMILES string of the molecule is CC(N)C(=O)NC(CC(=O)O)C(=O)NC(C)C(=O)NCC(=O)O. The lowest BCUT2D eigenvalue weighted by molar-refractivity contribution is -0.141. The molecular weight excluding hydrogens is 312 g/mol. The third-order valence-electron chi connectivity index (χ3n) is 2.59. The van der Waals surface area contributed by atoms with E-state index in [1.54, 1.807) is 0 Å². The molecule has 0 aliphatic carbocycles. The number of nitrogens with two attached hydrogens (primary N) is 1. The molecule has 0 bridgehead atoms. The summed E-state index contributed by atoms with van der Waals surface area (Å²) >= 11 is 0. The summed E-state index contributed by atoms with van der Waals surface area (Å²) in [5.74, 6) is -5.00. The molecule has 3 amide bonds. The van der Waals surface area contributed by atoms with Crippen LogP contribution in [0.1, 0.15) is 20.3 Å². The summed E-state index contributed by atoms with van der Waals surface area (Å²) in [6.07, 6.45) is -0.701. The Morgan fingerprint density at radius 3 is 1.91 bits per heavy atom. The van der Waals surface area contributed by atoms with Crippen molar-refractivity contribution in [2.45, 2.75) is 38.4 Å². The van der Waals surface area contributed by atoms with Crippen molar-refractivity contribution in [3.63, 3.8) is 0 Å². The zero-order chi connectivity index (χ0) is 18.2. The van der Waals surface area contributed by atoms with E-state index in [1.165, 1.54) is 13.8 Å². The predicted octanol–water partition coefficient (Wildman–Crippen LogP) is -3.00. The molecule has 0 aliphatic rings. The van der Waals surface area contributed by atoms with Crippen molar-refractivity contribution >= 4 is 29.7 Å². The van der Waals surface area contributed by atoms with E-state index in [1.807, 2.05) is 5.32 Å². The van der Waals surface area contributed by atoms with Crippen molar-refractivity contribution in [2.75, 3.05) is 6.54 Å². The van der Waals surface area contributed by atoms with Crippen LogP contribution < -0.4 is 21.7 Å². The molecule has 0 aromatic heterocycles. The normalized spacial score (nSPS) is 14.0. The van der Waals surface area contributed by atoms with Crippen LogP contribution >= 0.6 is 0 Å². The molecule has 0 spiro atoms. The summed E-state index contributed by atoms with van der Waals surface area (Å²) in [5.41, 5.74) is 5.32. The maximum Gasteiger partial charge on any atom is 0.322 e. The fraction of sp³-hybridized carbons (Fsp3) is 0.583. The monoisotopic (exact) mass is 332 g/mol. The second-order valence-electron chi connectivity index (χ2n) is 4.79. The fourth-order valence-electron chi connectivity index (χ4n) is 1.38. The van der Waals surface area contributed by atoms with Crippen LogP contribution in [0.25, 0.3) is 0 Å². The number of nitrogens with one attached hydrogen (secondary N) is 3. The number of hydrogen-bond donors (Lipinski definition) is 6. The first-order valence-electron chi connectivity index (χ1n) is 6.62. The van der Waals surface area contributed by atoms with Crippen molar-refractivity contribution in [3.05, 3.63) is 0 Å². The average molecular weight is 332 g/mol. The first-order chi connectivity index (χ1) is 10.5. The summed E-state index contributed by atoms with van der Waals surface area (Å²) in [5, 5.41) is 23.6. The molecular formula is C12H20N4O7. The van der Waals surface area contributed by atoms with E-state index in [0.29, 0.717) is 0 Å². The van der Waals surface area contributed by atoms with Gasteiger partial charge in [-0.25, -0.2) is 0 Å². The van der Waals surface area contributed by atoms with Gasteiger partial charge in [0.1, 0.15) is 18.6 Å². The van der Waals surface area contributed by atoms with E-state index in [4.69, 9.17) is 15.9 Å². The van der Waals surface area contributed by atoms with Gasteiger partial charge in [-0.1, -0.05) is 0 Å². The van der Waals surface area contributed by atoms with E-state index in [0.717, 1.165) is 0 Å². The summed E-state index contributed by atoms with van der Waals surface area (Å²) < 4.78 is 0. The standard InChI is InChI=1S/C12H20N4O7/c1-5(13)10(21)16-7(3-8(17)18)12(23)15-6(2)11(22)14-4-9(19)20/h5-7H,3-4,13H2,1-2H3,(H,14,22)(H,15,23)(H,16,21)(H,17,18)(H,19,20). The van der Waals surface area contributed by atoms with E-state index in [-0.39, 0.29) is 0 Å². The van der Waals surface area contributed by atoms with E-state index in [9.17, 15) is 24.0 Å². The molecule has 0 fully saturated rings. The minimum absolute atomic E-state index is 0.626. The number of amides is 3. The van der Waals surface area contributed by atoms with Crippen LogP contribution in [0.2, 0.25) is 0 Å². The lowest BCUT2D eigenvalue weighted by Crippen LogP contribution is -2.55. The Balaban J connectivity index is 4.75. The highest BCUT2D eigenvalue weighted by molar-refractivity contribution is 5.95. The Kier molecular flexibility index (Phi) is 8.26. The Hall–Kier alpha value is -2.69. The minimum Gasteiger partial charge on any atom is -0.481 e. The van der Waals surface area contributed by atoms with Crippen LogP contribution in [0.5, 0.6) is 0 Å². The van der Waals surface area contributed by atoms with Crippen LogP contribution in [-0.2, 0) is 24.0 Å². The molecule has 23 heavy (non-hydrogen) atoms. The fourth-order valence-corrected chi connectivity index (χ4v) is 1.38. The van der Waals surface area contributed by atoms with Crippen LogP contribution in [-0.4, -0.2) is 64.5 Å². The molecule has 0 rings (SSSR count). The number of aliphatic carboxylic acids is 2. The minimum atomic E-state index is -1.42. The van der Waals surface area contributed by atoms with Gasteiger partial charge in [-0.3, -0.25) is 24.0 Å². The summed E-state index contributed by atoms with van der Waals surface area (Å²) in [4.78, 5) is 56.1. The van der Waals surface area contributed by atoms with Gasteiger partial charge in [-0.05, 0) is 13.8 Å². The molecule has 0 heterocycles. The van der Waals surface area contributed by atoms with Crippen molar-refractivity contribution in [1.82, 2.24) is 16.0 Å². The quantitative estimate of drug-likeness (QED) is 0.257. The van der Waals surface area contributed by atoms with Gasteiger partial charge < -0.3 is 31.9 Å². The largest absolute Gasteiger partial charge is 0.481 e. The van der Waals surface area contributed by atoms with Crippen LogP contribution in [0.15, 0.2) is 0 Å². The van der Waals surface area contributed by atoms with Gasteiger partial charge in [0.2, 0.25) is 17.7 Å². The molecule has 3 unspecified atom stereocenters. The molecule has 130 valence electrons. The molecule has 0 aromatic rings. The Bertz CT molecular complexity index is 492. The molecule has 3 atom stereocenters. The Morgan fingerprint density at radius 1 is 0.913 bits per heavy atom. The molecule has 0 saturated heterocycles. The maximum absolute atomic E-state index is 12.0. The lowest BCUT2D eigenvalue weighted by atomic mass is 10.1. The first kappa shape index (κ1) is 20.3. The number of carboxylic acids is 2. The smallest absolute Gasteiger partial charge is 0.322 e. The van der Waals surface area contributed by atoms with Crippen molar-refractivity contribution < 1.29 is 34.2 Å². The first-order valence-corrected chi connectivity index (χ1v) is 6.62. The molecule has 11 heteroatoms. The molecule has 0 aliphatic heterocycles. The maximum atomic E-state index is 12.0. The lowest BCUT2D eigenvalue weighted by Gasteiger charge is -2.20. The third kappa shape index (κ3) is 8.36. The predicted molar refractivity (Wildman–Crippen MR) is 76.1 cm³/mol. The van der Waals surface area contributed by atoms with Gasteiger partial charge in [0.15, 0.2) is 0 Å². The zero-order valence-corrected chi connectivity index (χ0v) is 12.7. The number of hydrogen-bond acceptors (Lipinski definition) is 6. The van der Waals surface area contributed by atoms with Crippen LogP contribution in [0.4, 0.5) is 0 Å². The number of rotatable bonds is 9. The molecule has 0 saturated carbocycles. The van der Waals surface area contributed by atoms with Gasteiger partial charge in [-0.15, -0.1) is 0 Å².